The number of nitrogens with zero attached hydrogens (tertiary/aromatic N) is 4. The molecule has 0 saturated carbocycles. The normalized spacial score (nSPS) is 12.3. The zero-order valence-electron chi connectivity index (χ0n) is 15.5. The molecule has 26 heavy (non-hydrogen) atoms. The van der Waals surface area contributed by atoms with Gasteiger partial charge in [0.15, 0.2) is 0 Å². The fourth-order valence-corrected chi connectivity index (χ4v) is 3.02. The van der Waals surface area contributed by atoms with Gasteiger partial charge in [-0.1, -0.05) is 49.4 Å². The lowest BCUT2D eigenvalue weighted by molar-refractivity contribution is -0.118. The van der Waals surface area contributed by atoms with E-state index in [-0.39, 0.29) is 11.7 Å². The molecule has 2 aromatic heterocycles. The SMILES string of the molecule is CC(C)c1ccc(CC(=O)C[C@@H](c2ccccn2)c2cn(C)nn2)cc1. The van der Waals surface area contributed by atoms with Crippen LogP contribution in [0.1, 0.15) is 54.6 Å². The van der Waals surface area contributed by atoms with Crippen LogP contribution >= 0.6 is 0 Å². The van der Waals surface area contributed by atoms with Gasteiger partial charge < -0.3 is 0 Å². The van der Waals surface area contributed by atoms with Crippen molar-refractivity contribution >= 4 is 5.78 Å². The Morgan fingerprint density at radius 1 is 1.08 bits per heavy atom. The molecule has 5 heteroatoms. The summed E-state index contributed by atoms with van der Waals surface area (Å²) in [6.45, 7) is 4.33. The molecule has 0 aliphatic rings. The maximum absolute atomic E-state index is 12.7. The maximum atomic E-state index is 12.7. The largest absolute Gasteiger partial charge is 0.299 e. The molecular weight excluding hydrogens is 324 g/mol. The third-order valence-corrected chi connectivity index (χ3v) is 4.50. The van der Waals surface area contributed by atoms with Gasteiger partial charge in [0, 0.05) is 38.0 Å². The van der Waals surface area contributed by atoms with Gasteiger partial charge in [0.05, 0.1) is 11.6 Å². The minimum absolute atomic E-state index is 0.170. The number of pyridine rings is 1. The first-order valence-electron chi connectivity index (χ1n) is 8.90. The average molecular weight is 348 g/mol. The fourth-order valence-electron chi connectivity index (χ4n) is 3.02. The minimum Gasteiger partial charge on any atom is -0.299 e. The summed E-state index contributed by atoms with van der Waals surface area (Å²) in [7, 11) is 1.82. The molecule has 0 saturated heterocycles. The highest BCUT2D eigenvalue weighted by Crippen LogP contribution is 2.25. The van der Waals surface area contributed by atoms with E-state index in [0.717, 1.165) is 17.0 Å². The molecule has 0 spiro atoms. The van der Waals surface area contributed by atoms with E-state index in [9.17, 15) is 4.79 Å². The van der Waals surface area contributed by atoms with Crippen LogP contribution in [0, 0.1) is 0 Å². The molecule has 3 rings (SSSR count). The first kappa shape index (κ1) is 18.0. The van der Waals surface area contributed by atoms with Crippen LogP contribution in [0.3, 0.4) is 0 Å². The van der Waals surface area contributed by atoms with E-state index in [1.54, 1.807) is 10.9 Å². The van der Waals surface area contributed by atoms with Crippen molar-refractivity contribution in [1.29, 1.82) is 0 Å². The van der Waals surface area contributed by atoms with E-state index < -0.39 is 0 Å². The first-order chi connectivity index (χ1) is 12.5. The van der Waals surface area contributed by atoms with Crippen molar-refractivity contribution < 1.29 is 4.79 Å². The smallest absolute Gasteiger partial charge is 0.138 e. The van der Waals surface area contributed by atoms with Crippen molar-refractivity contribution in [3.05, 3.63) is 77.4 Å². The number of benzene rings is 1. The lowest BCUT2D eigenvalue weighted by Crippen LogP contribution is -2.12. The summed E-state index contributed by atoms with van der Waals surface area (Å²) in [5, 5.41) is 8.21. The fraction of sp³-hybridized carbons (Fsp3) is 0.333. The lowest BCUT2D eigenvalue weighted by atomic mass is 9.92. The van der Waals surface area contributed by atoms with Crippen molar-refractivity contribution in [3.8, 4) is 0 Å². The van der Waals surface area contributed by atoms with E-state index in [1.165, 1.54) is 5.56 Å². The van der Waals surface area contributed by atoms with Crippen LogP contribution in [-0.2, 0) is 18.3 Å². The zero-order chi connectivity index (χ0) is 18.5. The Balaban J connectivity index is 1.75. The summed E-state index contributed by atoms with van der Waals surface area (Å²) in [4.78, 5) is 17.1. The predicted octanol–water partition coefficient (Wildman–Crippen LogP) is 3.67. The molecule has 1 aromatic carbocycles. The summed E-state index contributed by atoms with van der Waals surface area (Å²) < 4.78 is 1.65. The molecule has 2 heterocycles. The molecule has 1 atom stereocenters. The van der Waals surface area contributed by atoms with Gasteiger partial charge in [0.1, 0.15) is 5.78 Å². The van der Waals surface area contributed by atoms with Gasteiger partial charge in [-0.25, -0.2) is 0 Å². The van der Waals surface area contributed by atoms with Gasteiger partial charge in [-0.05, 0) is 29.2 Å². The standard InChI is InChI=1S/C21H24N4O/c1-15(2)17-9-7-16(8-10-17)12-18(26)13-19(20-6-4-5-11-22-20)21-14-25(3)24-23-21/h4-11,14-15,19H,12-13H2,1-3H3/t19-/m0/s1. The highest BCUT2D eigenvalue weighted by Gasteiger charge is 2.22. The van der Waals surface area contributed by atoms with Crippen molar-refractivity contribution in [2.45, 2.75) is 38.5 Å². The number of aryl methyl sites for hydroxylation is 1. The Morgan fingerprint density at radius 2 is 1.85 bits per heavy atom. The summed E-state index contributed by atoms with van der Waals surface area (Å²) >= 11 is 0. The van der Waals surface area contributed by atoms with E-state index >= 15 is 0 Å². The molecule has 0 aliphatic heterocycles. The van der Waals surface area contributed by atoms with Crippen LogP contribution in [0.25, 0.3) is 0 Å². The Labute approximate surface area is 154 Å². The summed E-state index contributed by atoms with van der Waals surface area (Å²) in [5.74, 6) is 0.487. The van der Waals surface area contributed by atoms with Gasteiger partial charge >= 0.3 is 0 Å². The van der Waals surface area contributed by atoms with Gasteiger partial charge in [0.25, 0.3) is 0 Å². The van der Waals surface area contributed by atoms with Crippen LogP contribution in [0.4, 0.5) is 0 Å². The molecule has 0 unspecified atom stereocenters. The molecule has 0 bridgehead atoms. The number of rotatable bonds is 7. The van der Waals surface area contributed by atoms with Gasteiger partial charge in [0.2, 0.25) is 0 Å². The summed E-state index contributed by atoms with van der Waals surface area (Å²) in [5.41, 5.74) is 3.94. The Morgan fingerprint density at radius 3 is 2.42 bits per heavy atom. The van der Waals surface area contributed by atoms with Crippen LogP contribution in [0.15, 0.2) is 54.9 Å². The molecule has 0 N–H and O–H groups in total. The van der Waals surface area contributed by atoms with E-state index in [0.29, 0.717) is 18.8 Å². The monoisotopic (exact) mass is 348 g/mol. The predicted molar refractivity (Wildman–Crippen MR) is 101 cm³/mol. The number of Topliss-reactive ketones (excluding diaryl/α,β-unsaturated/α-hetero) is 1. The molecule has 0 radical (unpaired) electrons. The average Bonchev–Trinajstić information content (AvgIpc) is 3.07. The van der Waals surface area contributed by atoms with Crippen molar-refractivity contribution in [1.82, 2.24) is 20.0 Å². The zero-order valence-corrected chi connectivity index (χ0v) is 15.5. The third kappa shape index (κ3) is 4.42. The van der Waals surface area contributed by atoms with Crippen molar-refractivity contribution in [3.63, 3.8) is 0 Å². The number of hydrogen-bond acceptors (Lipinski definition) is 4. The highest BCUT2D eigenvalue weighted by molar-refractivity contribution is 5.82. The van der Waals surface area contributed by atoms with E-state index in [1.807, 2.05) is 43.6 Å². The van der Waals surface area contributed by atoms with Crippen LogP contribution < -0.4 is 0 Å². The molecule has 134 valence electrons. The van der Waals surface area contributed by atoms with Crippen LogP contribution in [-0.4, -0.2) is 25.8 Å². The minimum atomic E-state index is -0.174. The third-order valence-electron chi connectivity index (χ3n) is 4.50. The quantitative estimate of drug-likeness (QED) is 0.654. The first-order valence-corrected chi connectivity index (χ1v) is 8.90. The Hall–Kier alpha value is -2.82. The van der Waals surface area contributed by atoms with E-state index in [2.05, 4.69) is 41.3 Å². The molecular formula is C21H24N4O. The lowest BCUT2D eigenvalue weighted by Gasteiger charge is -2.13. The molecule has 0 fully saturated rings. The molecule has 0 aliphatic carbocycles. The number of ketones is 1. The van der Waals surface area contributed by atoms with Gasteiger partial charge in [-0.2, -0.15) is 0 Å². The Bertz CT molecular complexity index is 853. The van der Waals surface area contributed by atoms with Gasteiger partial charge in [-0.15, -0.1) is 5.10 Å². The molecule has 3 aromatic rings. The van der Waals surface area contributed by atoms with Crippen molar-refractivity contribution in [2.75, 3.05) is 0 Å². The summed E-state index contributed by atoms with van der Waals surface area (Å²) in [6, 6.07) is 14.0. The number of hydrogen-bond donors (Lipinski definition) is 0. The number of carbonyl (C=O) groups excluding carboxylic acids is 1. The van der Waals surface area contributed by atoms with E-state index in [4.69, 9.17) is 0 Å². The second-order valence-corrected chi connectivity index (χ2v) is 6.94. The topological polar surface area (TPSA) is 60.7 Å². The molecule has 0 amide bonds. The van der Waals surface area contributed by atoms with Crippen LogP contribution in [0.2, 0.25) is 0 Å². The van der Waals surface area contributed by atoms with Crippen LogP contribution in [0.5, 0.6) is 0 Å². The molecule has 5 nitrogen and oxygen atoms in total. The second-order valence-electron chi connectivity index (χ2n) is 6.94. The maximum Gasteiger partial charge on any atom is 0.138 e. The van der Waals surface area contributed by atoms with Gasteiger partial charge in [-0.3, -0.25) is 14.5 Å². The highest BCUT2D eigenvalue weighted by atomic mass is 16.1. The number of carbonyl (C=O) groups is 1. The summed E-state index contributed by atoms with van der Waals surface area (Å²) in [6.07, 6.45) is 4.38. The van der Waals surface area contributed by atoms with Crippen molar-refractivity contribution in [2.24, 2.45) is 7.05 Å². The second kappa shape index (κ2) is 8.04. The number of aromatic nitrogens is 4. The Kier molecular flexibility index (Phi) is 5.56.